The third-order valence-corrected chi connectivity index (χ3v) is 3.92. The van der Waals surface area contributed by atoms with Crippen molar-refractivity contribution in [1.82, 2.24) is 10.7 Å². The van der Waals surface area contributed by atoms with Crippen LogP contribution in [0.25, 0.3) is 0 Å². The number of carbonyl (C=O) groups is 1. The van der Waals surface area contributed by atoms with Crippen molar-refractivity contribution in [3.8, 4) is 0 Å². The summed E-state index contributed by atoms with van der Waals surface area (Å²) in [4.78, 5) is 16.6. The molecule has 0 aliphatic carbocycles. The van der Waals surface area contributed by atoms with Crippen LogP contribution >= 0.6 is 12.2 Å². The number of nitrogens with one attached hydrogen (secondary N) is 2. The zero-order valence-corrected chi connectivity index (χ0v) is 12.2. The fourth-order valence-electron chi connectivity index (χ4n) is 2.81. The predicted molar refractivity (Wildman–Crippen MR) is 85.2 cm³/mol. The molecule has 2 aromatic rings. The third-order valence-electron chi connectivity index (χ3n) is 3.73. The Morgan fingerprint density at radius 2 is 2.00 bits per heavy atom. The standard InChI is InChI=1S/C15H12N4O2S/c20-14-11-12(10-7-4-8-21-10)19(9-5-2-1-3-6-9)18-13(11)16-15(22)17-14/h1-8,11-12H,(H2,16,17,18,20,22). The summed E-state index contributed by atoms with van der Waals surface area (Å²) in [5.74, 6) is 0.564. The van der Waals surface area contributed by atoms with Crippen LogP contribution in [-0.2, 0) is 4.79 Å². The highest BCUT2D eigenvalue weighted by Crippen LogP contribution is 2.38. The first kappa shape index (κ1) is 13.0. The summed E-state index contributed by atoms with van der Waals surface area (Å²) in [6, 6.07) is 13.1. The topological polar surface area (TPSA) is 69.9 Å². The minimum absolute atomic E-state index is 0.178. The first-order valence-electron chi connectivity index (χ1n) is 6.82. The maximum absolute atomic E-state index is 12.4. The Bertz CT molecular complexity index is 757. The molecular formula is C15H12N4O2S. The third kappa shape index (κ3) is 1.98. The molecule has 110 valence electrons. The zero-order chi connectivity index (χ0) is 15.1. The summed E-state index contributed by atoms with van der Waals surface area (Å²) >= 11 is 5.00. The number of nitrogens with zero attached hydrogens (tertiary/aromatic N) is 2. The van der Waals surface area contributed by atoms with Gasteiger partial charge in [-0.2, -0.15) is 0 Å². The molecule has 2 aliphatic rings. The number of benzene rings is 1. The van der Waals surface area contributed by atoms with E-state index in [-0.39, 0.29) is 17.1 Å². The molecule has 0 spiro atoms. The van der Waals surface area contributed by atoms with E-state index in [1.54, 1.807) is 12.3 Å². The van der Waals surface area contributed by atoms with E-state index in [1.807, 2.05) is 41.4 Å². The molecular weight excluding hydrogens is 300 g/mol. The SMILES string of the molecule is O=C1NC(=S)N=C2NN(c3ccccc3)C(c3ccco3)C12. The minimum Gasteiger partial charge on any atom is -0.467 e. The number of rotatable bonds is 2. The van der Waals surface area contributed by atoms with E-state index in [1.165, 1.54) is 0 Å². The van der Waals surface area contributed by atoms with Crippen LogP contribution in [0.1, 0.15) is 11.8 Å². The Morgan fingerprint density at radius 1 is 1.18 bits per heavy atom. The quantitative estimate of drug-likeness (QED) is 0.827. The number of amidine groups is 1. The molecule has 1 aromatic heterocycles. The Hall–Kier alpha value is -2.67. The van der Waals surface area contributed by atoms with Gasteiger partial charge in [0.2, 0.25) is 11.0 Å². The van der Waals surface area contributed by atoms with Gasteiger partial charge in [0.05, 0.1) is 12.0 Å². The van der Waals surface area contributed by atoms with E-state index in [0.717, 1.165) is 5.69 Å². The largest absolute Gasteiger partial charge is 0.467 e. The Labute approximate surface area is 131 Å². The lowest BCUT2D eigenvalue weighted by atomic mass is 9.96. The number of anilines is 1. The van der Waals surface area contributed by atoms with E-state index in [9.17, 15) is 4.79 Å². The monoisotopic (exact) mass is 312 g/mol. The van der Waals surface area contributed by atoms with Gasteiger partial charge in [-0.25, -0.2) is 4.99 Å². The summed E-state index contributed by atoms with van der Waals surface area (Å²) < 4.78 is 5.54. The Balaban J connectivity index is 1.83. The van der Waals surface area contributed by atoms with Gasteiger partial charge in [-0.1, -0.05) is 18.2 Å². The van der Waals surface area contributed by atoms with Crippen molar-refractivity contribution in [3.63, 3.8) is 0 Å². The fraction of sp³-hybridized carbons (Fsp3) is 0.133. The van der Waals surface area contributed by atoms with Gasteiger partial charge in [-0.3, -0.25) is 15.2 Å². The lowest BCUT2D eigenvalue weighted by molar-refractivity contribution is -0.122. The normalized spacial score (nSPS) is 23.6. The Kier molecular flexibility index (Phi) is 2.93. The van der Waals surface area contributed by atoms with Gasteiger partial charge in [0, 0.05) is 0 Å². The van der Waals surface area contributed by atoms with Crippen LogP contribution in [0.15, 0.2) is 58.1 Å². The summed E-state index contributed by atoms with van der Waals surface area (Å²) in [6.45, 7) is 0. The number of furan rings is 1. The number of thiocarbonyl (C=S) groups is 1. The van der Waals surface area contributed by atoms with E-state index in [4.69, 9.17) is 16.6 Å². The molecule has 2 unspecified atom stereocenters. The van der Waals surface area contributed by atoms with E-state index in [2.05, 4.69) is 15.7 Å². The molecule has 22 heavy (non-hydrogen) atoms. The van der Waals surface area contributed by atoms with Gasteiger partial charge in [0.25, 0.3) is 0 Å². The van der Waals surface area contributed by atoms with Crippen molar-refractivity contribution >= 4 is 34.8 Å². The zero-order valence-electron chi connectivity index (χ0n) is 11.4. The van der Waals surface area contributed by atoms with Crippen molar-refractivity contribution < 1.29 is 9.21 Å². The van der Waals surface area contributed by atoms with Crippen molar-refractivity contribution in [1.29, 1.82) is 0 Å². The molecule has 1 saturated heterocycles. The highest BCUT2D eigenvalue weighted by Gasteiger charge is 2.48. The molecule has 4 rings (SSSR count). The molecule has 2 aliphatic heterocycles. The molecule has 2 atom stereocenters. The van der Waals surface area contributed by atoms with Gasteiger partial charge in [0.15, 0.2) is 0 Å². The molecule has 6 nitrogen and oxygen atoms in total. The van der Waals surface area contributed by atoms with Gasteiger partial charge in [-0.15, -0.1) is 0 Å². The predicted octanol–water partition coefficient (Wildman–Crippen LogP) is 1.77. The maximum Gasteiger partial charge on any atom is 0.239 e. The molecule has 1 aromatic carbocycles. The molecule has 1 amide bonds. The average molecular weight is 312 g/mol. The lowest BCUT2D eigenvalue weighted by Crippen LogP contribution is -2.44. The second-order valence-corrected chi connectivity index (χ2v) is 5.43. The highest BCUT2D eigenvalue weighted by molar-refractivity contribution is 7.80. The Morgan fingerprint density at radius 3 is 2.73 bits per heavy atom. The second kappa shape index (κ2) is 4.96. The van der Waals surface area contributed by atoms with Crippen LogP contribution in [0.5, 0.6) is 0 Å². The van der Waals surface area contributed by atoms with Crippen molar-refractivity contribution in [2.75, 3.05) is 5.01 Å². The van der Waals surface area contributed by atoms with Crippen molar-refractivity contribution in [2.24, 2.45) is 10.9 Å². The van der Waals surface area contributed by atoms with Gasteiger partial charge >= 0.3 is 0 Å². The van der Waals surface area contributed by atoms with Crippen LogP contribution in [0, 0.1) is 5.92 Å². The average Bonchev–Trinajstić information content (AvgIpc) is 3.14. The number of fused-ring (bicyclic) bond motifs is 1. The highest BCUT2D eigenvalue weighted by atomic mass is 32.1. The van der Waals surface area contributed by atoms with Crippen LogP contribution in [-0.4, -0.2) is 16.9 Å². The summed E-state index contributed by atoms with van der Waals surface area (Å²) in [7, 11) is 0. The minimum atomic E-state index is -0.488. The number of hydrogen-bond donors (Lipinski definition) is 2. The number of carbonyl (C=O) groups excluding carboxylic acids is 1. The van der Waals surface area contributed by atoms with Crippen LogP contribution in [0.2, 0.25) is 0 Å². The first-order valence-corrected chi connectivity index (χ1v) is 7.22. The van der Waals surface area contributed by atoms with E-state index >= 15 is 0 Å². The molecule has 7 heteroatoms. The van der Waals surface area contributed by atoms with E-state index in [0.29, 0.717) is 11.6 Å². The number of aliphatic imine (C=N–C) groups is 1. The van der Waals surface area contributed by atoms with Gasteiger partial charge in [-0.05, 0) is 36.5 Å². The van der Waals surface area contributed by atoms with Crippen LogP contribution in [0.3, 0.4) is 0 Å². The summed E-state index contributed by atoms with van der Waals surface area (Å²) in [5.41, 5.74) is 4.10. The number of para-hydroxylation sites is 1. The smallest absolute Gasteiger partial charge is 0.239 e. The molecule has 1 fully saturated rings. The first-order chi connectivity index (χ1) is 10.7. The molecule has 0 radical (unpaired) electrons. The second-order valence-electron chi connectivity index (χ2n) is 5.05. The summed E-state index contributed by atoms with van der Waals surface area (Å²) in [5, 5.41) is 4.67. The van der Waals surface area contributed by atoms with Crippen LogP contribution < -0.4 is 15.8 Å². The van der Waals surface area contributed by atoms with Crippen molar-refractivity contribution in [2.45, 2.75) is 6.04 Å². The molecule has 0 bridgehead atoms. The van der Waals surface area contributed by atoms with Gasteiger partial charge < -0.3 is 9.73 Å². The number of hydrogen-bond acceptors (Lipinski definition) is 5. The molecule has 3 heterocycles. The lowest BCUT2D eigenvalue weighted by Gasteiger charge is -2.26. The molecule has 0 saturated carbocycles. The van der Waals surface area contributed by atoms with E-state index < -0.39 is 5.92 Å². The molecule has 2 N–H and O–H groups in total. The van der Waals surface area contributed by atoms with Gasteiger partial charge in [0.1, 0.15) is 23.6 Å². The fourth-order valence-corrected chi connectivity index (χ4v) is 3.01. The number of amides is 1. The van der Waals surface area contributed by atoms with Crippen LogP contribution in [0.4, 0.5) is 5.69 Å². The summed E-state index contributed by atoms with van der Waals surface area (Å²) in [6.07, 6.45) is 1.60. The van der Waals surface area contributed by atoms with Crippen molar-refractivity contribution in [3.05, 3.63) is 54.5 Å². The number of hydrazine groups is 1. The maximum atomic E-state index is 12.4.